The van der Waals surface area contributed by atoms with Crippen molar-refractivity contribution in [3.8, 4) is 0 Å². The van der Waals surface area contributed by atoms with Crippen molar-refractivity contribution < 1.29 is 8.42 Å². The molecular weight excluding hydrogens is 286 g/mol. The van der Waals surface area contributed by atoms with Crippen LogP contribution in [0.1, 0.15) is 27.2 Å². The van der Waals surface area contributed by atoms with Gasteiger partial charge in [-0.1, -0.05) is 20.8 Å². The maximum Gasteiger partial charge on any atom is 0.242 e. The Kier molecular flexibility index (Phi) is 5.78. The zero-order chi connectivity index (χ0) is 16.3. The monoisotopic (exact) mass is 313 g/mol. The Morgan fingerprint density at radius 1 is 1.19 bits per heavy atom. The highest BCUT2D eigenvalue weighted by atomic mass is 32.2. The normalized spacial score (nSPS) is 14.2. The van der Waals surface area contributed by atoms with Crippen molar-refractivity contribution in [1.82, 2.24) is 4.31 Å². The number of nitrogens with zero attached hydrogens (tertiary/aromatic N) is 1. The molecule has 0 aliphatic heterocycles. The fourth-order valence-electron chi connectivity index (χ4n) is 2.02. The molecule has 3 N–H and O–H groups in total. The third-order valence-electron chi connectivity index (χ3n) is 3.47. The fourth-order valence-corrected chi connectivity index (χ4v) is 2.93. The van der Waals surface area contributed by atoms with Crippen LogP contribution in [0, 0.1) is 5.41 Å². The largest absolute Gasteiger partial charge is 0.382 e. The van der Waals surface area contributed by atoms with Crippen LogP contribution in [-0.2, 0) is 10.0 Å². The zero-order valence-electron chi connectivity index (χ0n) is 13.6. The second kappa shape index (κ2) is 6.77. The molecule has 0 fully saturated rings. The van der Waals surface area contributed by atoms with Gasteiger partial charge >= 0.3 is 0 Å². The lowest BCUT2D eigenvalue weighted by atomic mass is 9.84. The summed E-state index contributed by atoms with van der Waals surface area (Å²) < 4.78 is 25.2. The van der Waals surface area contributed by atoms with E-state index >= 15 is 0 Å². The van der Waals surface area contributed by atoms with Crippen molar-refractivity contribution in [2.24, 2.45) is 11.1 Å². The van der Waals surface area contributed by atoms with E-state index in [4.69, 9.17) is 5.73 Å². The van der Waals surface area contributed by atoms with E-state index in [9.17, 15) is 8.42 Å². The smallest absolute Gasteiger partial charge is 0.242 e. The lowest BCUT2D eigenvalue weighted by Gasteiger charge is -2.32. The molecule has 1 unspecified atom stereocenters. The van der Waals surface area contributed by atoms with E-state index in [0.29, 0.717) is 11.4 Å². The quantitative estimate of drug-likeness (QED) is 0.843. The summed E-state index contributed by atoms with van der Waals surface area (Å²) in [6.07, 6.45) is 0.862. The minimum Gasteiger partial charge on any atom is -0.382 e. The summed E-state index contributed by atoms with van der Waals surface area (Å²) >= 11 is 0. The van der Waals surface area contributed by atoms with Crippen LogP contribution in [0.15, 0.2) is 29.2 Å². The molecule has 120 valence electrons. The number of sulfonamides is 1. The van der Waals surface area contributed by atoms with Gasteiger partial charge in [0, 0.05) is 25.8 Å². The molecule has 0 saturated carbocycles. The van der Waals surface area contributed by atoms with Crippen LogP contribution in [-0.4, -0.2) is 39.4 Å². The summed E-state index contributed by atoms with van der Waals surface area (Å²) in [5.41, 5.74) is 6.65. The van der Waals surface area contributed by atoms with Gasteiger partial charge in [-0.2, -0.15) is 0 Å². The Bertz CT molecular complexity index is 545. The Hall–Kier alpha value is -1.11. The lowest BCUT2D eigenvalue weighted by Crippen LogP contribution is -2.35. The van der Waals surface area contributed by atoms with Crippen molar-refractivity contribution in [2.45, 2.75) is 38.1 Å². The van der Waals surface area contributed by atoms with Crippen molar-refractivity contribution in [3.63, 3.8) is 0 Å². The number of rotatable bonds is 6. The molecule has 0 saturated heterocycles. The van der Waals surface area contributed by atoms with Gasteiger partial charge in [-0.05, 0) is 42.6 Å². The highest BCUT2D eigenvalue weighted by Crippen LogP contribution is 2.26. The lowest BCUT2D eigenvalue weighted by molar-refractivity contribution is 0.329. The second-order valence-corrected chi connectivity index (χ2v) is 8.60. The van der Waals surface area contributed by atoms with Gasteiger partial charge < -0.3 is 11.1 Å². The van der Waals surface area contributed by atoms with Crippen LogP contribution < -0.4 is 11.1 Å². The number of anilines is 1. The summed E-state index contributed by atoms with van der Waals surface area (Å²) in [5.74, 6) is 0. The predicted octanol–water partition coefficient (Wildman–Crippen LogP) is 2.11. The van der Waals surface area contributed by atoms with Crippen LogP contribution >= 0.6 is 0 Å². The number of benzene rings is 1. The molecule has 5 nitrogen and oxygen atoms in total. The molecule has 0 aliphatic rings. The molecular formula is C15H27N3O2S. The van der Waals surface area contributed by atoms with Crippen LogP contribution in [0.25, 0.3) is 0 Å². The first-order valence-corrected chi connectivity index (χ1v) is 8.52. The molecule has 0 spiro atoms. The maximum absolute atomic E-state index is 12.0. The van der Waals surface area contributed by atoms with Crippen molar-refractivity contribution in [1.29, 1.82) is 0 Å². The highest BCUT2D eigenvalue weighted by molar-refractivity contribution is 7.89. The van der Waals surface area contributed by atoms with Gasteiger partial charge in [0.05, 0.1) is 4.90 Å². The topological polar surface area (TPSA) is 75.4 Å². The van der Waals surface area contributed by atoms with Gasteiger partial charge in [0.1, 0.15) is 0 Å². The van der Waals surface area contributed by atoms with Gasteiger partial charge in [0.15, 0.2) is 0 Å². The molecule has 21 heavy (non-hydrogen) atoms. The molecule has 6 heteroatoms. The second-order valence-electron chi connectivity index (χ2n) is 6.45. The first-order valence-electron chi connectivity index (χ1n) is 7.08. The molecule has 0 aromatic heterocycles. The summed E-state index contributed by atoms with van der Waals surface area (Å²) in [7, 11) is -0.323. The predicted molar refractivity (Wildman–Crippen MR) is 87.9 cm³/mol. The average molecular weight is 313 g/mol. The van der Waals surface area contributed by atoms with Gasteiger partial charge in [0.25, 0.3) is 0 Å². The summed E-state index contributed by atoms with van der Waals surface area (Å²) in [5, 5.41) is 3.44. The Morgan fingerprint density at radius 2 is 1.71 bits per heavy atom. The first kappa shape index (κ1) is 17.9. The third-order valence-corrected chi connectivity index (χ3v) is 5.30. The first-order chi connectivity index (χ1) is 9.59. The molecule has 0 bridgehead atoms. The molecule has 1 rings (SSSR count). The van der Waals surface area contributed by atoms with E-state index in [1.807, 2.05) is 0 Å². The van der Waals surface area contributed by atoms with Gasteiger partial charge in [0.2, 0.25) is 10.0 Å². The minimum absolute atomic E-state index is 0.0771. The van der Waals surface area contributed by atoms with Crippen molar-refractivity contribution >= 4 is 15.7 Å². The van der Waals surface area contributed by atoms with Crippen LogP contribution in [0.3, 0.4) is 0 Å². The van der Waals surface area contributed by atoms with E-state index in [-0.39, 0.29) is 11.5 Å². The van der Waals surface area contributed by atoms with E-state index in [2.05, 4.69) is 26.1 Å². The molecule has 0 radical (unpaired) electrons. The minimum atomic E-state index is -3.38. The van der Waals surface area contributed by atoms with Crippen LogP contribution in [0.5, 0.6) is 0 Å². The average Bonchev–Trinajstić information content (AvgIpc) is 2.37. The van der Waals surface area contributed by atoms with Crippen LogP contribution in [0.4, 0.5) is 5.69 Å². The van der Waals surface area contributed by atoms with Crippen molar-refractivity contribution in [2.75, 3.05) is 26.0 Å². The van der Waals surface area contributed by atoms with Gasteiger partial charge in [-0.15, -0.1) is 0 Å². The fraction of sp³-hybridized carbons (Fsp3) is 0.600. The van der Waals surface area contributed by atoms with Crippen LogP contribution in [0.2, 0.25) is 0 Å². The van der Waals surface area contributed by atoms with Gasteiger partial charge in [-0.3, -0.25) is 0 Å². The Balaban J connectivity index is 2.93. The number of nitrogens with one attached hydrogen (secondary N) is 1. The molecule has 1 aromatic carbocycles. The number of nitrogens with two attached hydrogens (primary N) is 1. The standard InChI is InChI=1S/C15H27N3O2S/c1-15(2,3)14(10-11-16)17-12-6-8-13(9-7-12)21(19,20)18(4)5/h6-9,14,17H,10-11,16H2,1-5H3. The molecule has 1 atom stereocenters. The number of hydrogen-bond donors (Lipinski definition) is 2. The Morgan fingerprint density at radius 3 is 2.10 bits per heavy atom. The highest BCUT2D eigenvalue weighted by Gasteiger charge is 2.24. The van der Waals surface area contributed by atoms with E-state index in [1.54, 1.807) is 24.3 Å². The van der Waals surface area contributed by atoms with E-state index in [1.165, 1.54) is 18.4 Å². The third kappa shape index (κ3) is 4.69. The Labute approximate surface area is 128 Å². The summed E-state index contributed by atoms with van der Waals surface area (Å²) in [6.45, 7) is 7.09. The van der Waals surface area contributed by atoms with E-state index < -0.39 is 10.0 Å². The molecule has 0 amide bonds. The molecule has 0 aliphatic carbocycles. The van der Waals surface area contributed by atoms with E-state index in [0.717, 1.165) is 12.1 Å². The van der Waals surface area contributed by atoms with Crippen molar-refractivity contribution in [3.05, 3.63) is 24.3 Å². The SMILES string of the molecule is CN(C)S(=O)(=O)c1ccc(NC(CCN)C(C)(C)C)cc1. The summed E-state index contributed by atoms with van der Waals surface area (Å²) in [4.78, 5) is 0.296. The van der Waals surface area contributed by atoms with Gasteiger partial charge in [-0.25, -0.2) is 12.7 Å². The maximum atomic E-state index is 12.0. The molecule has 1 aromatic rings. The molecule has 0 heterocycles. The number of hydrogen-bond acceptors (Lipinski definition) is 4. The zero-order valence-corrected chi connectivity index (χ0v) is 14.4. The summed E-state index contributed by atoms with van der Waals surface area (Å²) in [6, 6.07) is 7.08.